The van der Waals surface area contributed by atoms with Crippen molar-refractivity contribution in [2.45, 2.75) is 13.0 Å². The maximum Gasteiger partial charge on any atom is 0.101 e. The standard InChI is InChI=1S/C16H14BrClN2/c1-11(12-4-7-15(18)8-5-12)20(2)16-9-14(17)6-3-13(16)10-19/h3-9,11H,1-2H3. The van der Waals surface area contributed by atoms with Crippen LogP contribution in [0.1, 0.15) is 24.1 Å². The van der Waals surface area contributed by atoms with Gasteiger partial charge in [0.25, 0.3) is 0 Å². The molecule has 2 aromatic rings. The summed E-state index contributed by atoms with van der Waals surface area (Å²) in [5.41, 5.74) is 2.72. The number of anilines is 1. The van der Waals surface area contributed by atoms with Gasteiger partial charge in [-0.05, 0) is 42.8 Å². The quantitative estimate of drug-likeness (QED) is 0.764. The van der Waals surface area contributed by atoms with Gasteiger partial charge in [0.15, 0.2) is 0 Å². The first kappa shape index (κ1) is 14.9. The average Bonchev–Trinajstić information content (AvgIpc) is 2.46. The molecule has 0 radical (unpaired) electrons. The molecule has 0 N–H and O–H groups in total. The fourth-order valence-electron chi connectivity index (χ4n) is 2.06. The van der Waals surface area contributed by atoms with Crippen LogP contribution in [0.15, 0.2) is 46.9 Å². The molecule has 0 amide bonds. The molecule has 0 bridgehead atoms. The SMILES string of the molecule is CC(c1ccc(Cl)cc1)N(C)c1cc(Br)ccc1C#N. The molecule has 0 spiro atoms. The molecule has 2 aromatic carbocycles. The van der Waals surface area contributed by atoms with E-state index in [9.17, 15) is 5.26 Å². The Morgan fingerprint density at radius 2 is 1.85 bits per heavy atom. The summed E-state index contributed by atoms with van der Waals surface area (Å²) >= 11 is 9.37. The van der Waals surface area contributed by atoms with Gasteiger partial charge < -0.3 is 4.90 Å². The molecule has 0 heterocycles. The molecule has 0 aliphatic carbocycles. The van der Waals surface area contributed by atoms with Crippen LogP contribution >= 0.6 is 27.5 Å². The Balaban J connectivity index is 2.36. The van der Waals surface area contributed by atoms with Crippen LogP contribution in [0.4, 0.5) is 5.69 Å². The predicted octanol–water partition coefficient (Wildman–Crippen LogP) is 5.17. The number of halogens is 2. The number of hydrogen-bond acceptors (Lipinski definition) is 2. The molecule has 4 heteroatoms. The van der Waals surface area contributed by atoms with Gasteiger partial charge in [-0.1, -0.05) is 39.7 Å². The van der Waals surface area contributed by atoms with Crippen LogP contribution < -0.4 is 4.90 Å². The summed E-state index contributed by atoms with van der Waals surface area (Å²) in [6.07, 6.45) is 0. The highest BCUT2D eigenvalue weighted by atomic mass is 79.9. The first-order valence-electron chi connectivity index (χ1n) is 6.21. The molecular weight excluding hydrogens is 336 g/mol. The predicted molar refractivity (Wildman–Crippen MR) is 87.1 cm³/mol. The van der Waals surface area contributed by atoms with Crippen molar-refractivity contribution in [3.63, 3.8) is 0 Å². The van der Waals surface area contributed by atoms with Gasteiger partial charge in [0.1, 0.15) is 6.07 Å². The zero-order valence-corrected chi connectivity index (χ0v) is 13.6. The van der Waals surface area contributed by atoms with E-state index in [1.54, 1.807) is 0 Å². The molecule has 1 unspecified atom stereocenters. The van der Waals surface area contributed by atoms with Crippen molar-refractivity contribution in [2.75, 3.05) is 11.9 Å². The Bertz CT molecular complexity index is 647. The lowest BCUT2D eigenvalue weighted by Gasteiger charge is -2.28. The summed E-state index contributed by atoms with van der Waals surface area (Å²) in [7, 11) is 1.99. The van der Waals surface area contributed by atoms with Crippen LogP contribution in [-0.2, 0) is 0 Å². The van der Waals surface area contributed by atoms with E-state index in [2.05, 4.69) is 33.8 Å². The molecule has 1 atom stereocenters. The number of nitriles is 1. The van der Waals surface area contributed by atoms with Gasteiger partial charge in [-0.15, -0.1) is 0 Å². The maximum absolute atomic E-state index is 9.24. The van der Waals surface area contributed by atoms with Gasteiger partial charge in [-0.3, -0.25) is 0 Å². The lowest BCUT2D eigenvalue weighted by atomic mass is 10.1. The van der Waals surface area contributed by atoms with E-state index in [1.165, 1.54) is 0 Å². The number of nitrogens with zero attached hydrogens (tertiary/aromatic N) is 2. The number of rotatable bonds is 3. The van der Waals surface area contributed by atoms with Crippen molar-refractivity contribution in [3.8, 4) is 6.07 Å². The van der Waals surface area contributed by atoms with Crippen molar-refractivity contribution in [3.05, 3.63) is 63.1 Å². The van der Waals surface area contributed by atoms with Crippen molar-refractivity contribution < 1.29 is 0 Å². The number of benzene rings is 2. The van der Waals surface area contributed by atoms with Crippen molar-refractivity contribution in [2.24, 2.45) is 0 Å². The lowest BCUT2D eigenvalue weighted by molar-refractivity contribution is 0.739. The van der Waals surface area contributed by atoms with Gasteiger partial charge in [-0.25, -0.2) is 0 Å². The Labute approximate surface area is 132 Å². The fraction of sp³-hybridized carbons (Fsp3) is 0.188. The van der Waals surface area contributed by atoms with Crippen LogP contribution in [0.5, 0.6) is 0 Å². The third-order valence-corrected chi connectivity index (χ3v) is 4.14. The highest BCUT2D eigenvalue weighted by Crippen LogP contribution is 2.30. The summed E-state index contributed by atoms with van der Waals surface area (Å²) in [5.74, 6) is 0. The van der Waals surface area contributed by atoms with Gasteiger partial charge in [0.2, 0.25) is 0 Å². The largest absolute Gasteiger partial charge is 0.367 e. The zero-order valence-electron chi connectivity index (χ0n) is 11.3. The van der Waals surface area contributed by atoms with Crippen molar-refractivity contribution in [1.82, 2.24) is 0 Å². The van der Waals surface area contributed by atoms with Gasteiger partial charge >= 0.3 is 0 Å². The summed E-state index contributed by atoms with van der Waals surface area (Å²) in [5, 5.41) is 9.96. The van der Waals surface area contributed by atoms with E-state index in [0.29, 0.717) is 5.56 Å². The molecule has 0 aliphatic rings. The van der Waals surface area contributed by atoms with Crippen LogP contribution in [0.3, 0.4) is 0 Å². The molecular formula is C16H14BrClN2. The second kappa shape index (κ2) is 6.30. The molecule has 2 rings (SSSR count). The molecule has 0 aliphatic heterocycles. The summed E-state index contributed by atoms with van der Waals surface area (Å²) in [6, 6.07) is 15.8. The third-order valence-electron chi connectivity index (χ3n) is 3.39. The van der Waals surface area contributed by atoms with Crippen LogP contribution in [0.25, 0.3) is 0 Å². The minimum atomic E-state index is 0.147. The smallest absolute Gasteiger partial charge is 0.101 e. The maximum atomic E-state index is 9.24. The molecule has 20 heavy (non-hydrogen) atoms. The van der Waals surface area contributed by atoms with E-state index in [1.807, 2.05) is 49.5 Å². The highest BCUT2D eigenvalue weighted by Gasteiger charge is 2.15. The van der Waals surface area contributed by atoms with Crippen molar-refractivity contribution >= 4 is 33.2 Å². The molecule has 0 saturated heterocycles. The van der Waals surface area contributed by atoms with Gasteiger partial charge in [0.05, 0.1) is 17.3 Å². The average molecular weight is 350 g/mol. The normalized spacial score (nSPS) is 11.8. The van der Waals surface area contributed by atoms with Gasteiger partial charge in [-0.2, -0.15) is 5.26 Å². The highest BCUT2D eigenvalue weighted by molar-refractivity contribution is 9.10. The fourth-order valence-corrected chi connectivity index (χ4v) is 2.54. The minimum Gasteiger partial charge on any atom is -0.367 e. The van der Waals surface area contributed by atoms with Crippen LogP contribution in [0.2, 0.25) is 5.02 Å². The van der Waals surface area contributed by atoms with Crippen LogP contribution in [0, 0.1) is 11.3 Å². The van der Waals surface area contributed by atoms with E-state index < -0.39 is 0 Å². The van der Waals surface area contributed by atoms with Gasteiger partial charge in [0, 0.05) is 16.5 Å². The molecule has 0 fully saturated rings. The number of hydrogen-bond donors (Lipinski definition) is 0. The molecule has 0 saturated carbocycles. The summed E-state index contributed by atoms with van der Waals surface area (Å²) in [6.45, 7) is 2.10. The second-order valence-electron chi connectivity index (χ2n) is 4.61. The monoisotopic (exact) mass is 348 g/mol. The second-order valence-corrected chi connectivity index (χ2v) is 5.96. The Morgan fingerprint density at radius 3 is 2.45 bits per heavy atom. The Kier molecular flexibility index (Phi) is 4.69. The Morgan fingerprint density at radius 1 is 1.20 bits per heavy atom. The molecule has 2 nitrogen and oxygen atoms in total. The van der Waals surface area contributed by atoms with E-state index >= 15 is 0 Å². The zero-order chi connectivity index (χ0) is 14.7. The first-order valence-corrected chi connectivity index (χ1v) is 7.38. The topological polar surface area (TPSA) is 27.0 Å². The third kappa shape index (κ3) is 3.15. The molecule has 0 aromatic heterocycles. The lowest BCUT2D eigenvalue weighted by Crippen LogP contribution is -2.22. The minimum absolute atomic E-state index is 0.147. The van der Waals surface area contributed by atoms with Crippen LogP contribution in [-0.4, -0.2) is 7.05 Å². The van der Waals surface area contributed by atoms with E-state index in [0.717, 1.165) is 20.7 Å². The van der Waals surface area contributed by atoms with E-state index in [-0.39, 0.29) is 6.04 Å². The Hall–Kier alpha value is -1.50. The first-order chi connectivity index (χ1) is 9.52. The van der Waals surface area contributed by atoms with Crippen molar-refractivity contribution in [1.29, 1.82) is 5.26 Å². The molecule has 102 valence electrons. The van der Waals surface area contributed by atoms with E-state index in [4.69, 9.17) is 11.6 Å². The summed E-state index contributed by atoms with van der Waals surface area (Å²) < 4.78 is 0.960. The summed E-state index contributed by atoms with van der Waals surface area (Å²) in [4.78, 5) is 2.09.